The number of nitrogens with zero attached hydrogens (tertiary/aromatic N) is 1. The maximum absolute atomic E-state index is 11.5. The Hall–Kier alpha value is -2.14. The SMILES string of the molecule is CCc1cccnc1CNCc1cc(C(=O)OC)c(C)o1. The summed E-state index contributed by atoms with van der Waals surface area (Å²) in [7, 11) is 1.36. The summed E-state index contributed by atoms with van der Waals surface area (Å²) >= 11 is 0. The average molecular weight is 288 g/mol. The number of aromatic nitrogens is 1. The molecule has 2 aromatic heterocycles. The van der Waals surface area contributed by atoms with Crippen molar-refractivity contribution in [1.29, 1.82) is 0 Å². The Balaban J connectivity index is 1.96. The quantitative estimate of drug-likeness (QED) is 0.828. The van der Waals surface area contributed by atoms with Crippen molar-refractivity contribution in [3.8, 4) is 0 Å². The fourth-order valence-electron chi connectivity index (χ4n) is 2.20. The third-order valence-electron chi connectivity index (χ3n) is 3.33. The Morgan fingerprint density at radius 3 is 2.95 bits per heavy atom. The fourth-order valence-corrected chi connectivity index (χ4v) is 2.20. The monoisotopic (exact) mass is 288 g/mol. The minimum atomic E-state index is -0.375. The predicted octanol–water partition coefficient (Wildman–Crippen LogP) is 2.62. The molecule has 0 amide bonds. The molecule has 0 aromatic carbocycles. The van der Waals surface area contributed by atoms with Gasteiger partial charge in [0.05, 0.1) is 19.3 Å². The van der Waals surface area contributed by atoms with Gasteiger partial charge >= 0.3 is 5.97 Å². The summed E-state index contributed by atoms with van der Waals surface area (Å²) in [6.45, 7) is 5.07. The molecule has 0 aliphatic rings. The van der Waals surface area contributed by atoms with Crippen molar-refractivity contribution >= 4 is 5.97 Å². The summed E-state index contributed by atoms with van der Waals surface area (Å²) in [5, 5.41) is 3.28. The van der Waals surface area contributed by atoms with Gasteiger partial charge in [0.15, 0.2) is 0 Å². The van der Waals surface area contributed by atoms with Crippen molar-refractivity contribution in [2.75, 3.05) is 7.11 Å². The third kappa shape index (κ3) is 3.70. The molecule has 2 aromatic rings. The summed E-state index contributed by atoms with van der Waals surface area (Å²) in [5.41, 5.74) is 2.74. The lowest BCUT2D eigenvalue weighted by Crippen LogP contribution is -2.14. The van der Waals surface area contributed by atoms with Gasteiger partial charge in [-0.25, -0.2) is 4.79 Å². The van der Waals surface area contributed by atoms with Crippen LogP contribution < -0.4 is 5.32 Å². The first-order valence-corrected chi connectivity index (χ1v) is 6.96. The van der Waals surface area contributed by atoms with E-state index in [1.54, 1.807) is 19.2 Å². The molecule has 0 radical (unpaired) electrons. The van der Waals surface area contributed by atoms with Gasteiger partial charge in [-0.3, -0.25) is 4.98 Å². The third-order valence-corrected chi connectivity index (χ3v) is 3.33. The number of hydrogen-bond donors (Lipinski definition) is 1. The molecule has 21 heavy (non-hydrogen) atoms. The van der Waals surface area contributed by atoms with Gasteiger partial charge in [-0.2, -0.15) is 0 Å². The molecular formula is C16H20N2O3. The van der Waals surface area contributed by atoms with Crippen LogP contribution in [0, 0.1) is 6.92 Å². The van der Waals surface area contributed by atoms with Crippen LogP contribution in [0.1, 0.15) is 40.1 Å². The van der Waals surface area contributed by atoms with E-state index in [1.807, 2.05) is 6.07 Å². The Labute approximate surface area is 124 Å². The molecule has 5 heteroatoms. The minimum Gasteiger partial charge on any atom is -0.465 e. The van der Waals surface area contributed by atoms with Gasteiger partial charge in [-0.05, 0) is 31.0 Å². The van der Waals surface area contributed by atoms with Crippen LogP contribution in [0.5, 0.6) is 0 Å². The molecule has 5 nitrogen and oxygen atoms in total. The van der Waals surface area contributed by atoms with E-state index in [9.17, 15) is 4.79 Å². The van der Waals surface area contributed by atoms with E-state index < -0.39 is 0 Å². The molecule has 0 spiro atoms. The van der Waals surface area contributed by atoms with Gasteiger partial charge in [-0.15, -0.1) is 0 Å². The van der Waals surface area contributed by atoms with Crippen molar-refractivity contribution < 1.29 is 13.9 Å². The highest BCUT2D eigenvalue weighted by atomic mass is 16.5. The highest BCUT2D eigenvalue weighted by molar-refractivity contribution is 5.90. The standard InChI is InChI=1S/C16H20N2O3/c1-4-12-6-5-7-18-15(12)10-17-9-13-8-14(11(2)21-13)16(19)20-3/h5-8,17H,4,9-10H2,1-3H3. The number of carbonyl (C=O) groups is 1. The zero-order chi connectivity index (χ0) is 15.2. The Morgan fingerprint density at radius 2 is 2.24 bits per heavy atom. The lowest BCUT2D eigenvalue weighted by Gasteiger charge is -2.06. The van der Waals surface area contributed by atoms with Crippen LogP contribution in [0.15, 0.2) is 28.8 Å². The number of ether oxygens (including phenoxy) is 1. The lowest BCUT2D eigenvalue weighted by atomic mass is 10.1. The highest BCUT2D eigenvalue weighted by Gasteiger charge is 2.15. The van der Waals surface area contributed by atoms with E-state index in [1.165, 1.54) is 12.7 Å². The Morgan fingerprint density at radius 1 is 1.43 bits per heavy atom. The van der Waals surface area contributed by atoms with Crippen molar-refractivity contribution in [3.05, 3.63) is 52.7 Å². The molecule has 2 heterocycles. The number of methoxy groups -OCH3 is 1. The Bertz CT molecular complexity index is 620. The lowest BCUT2D eigenvalue weighted by molar-refractivity contribution is 0.0599. The maximum atomic E-state index is 11.5. The molecule has 0 saturated heterocycles. The topological polar surface area (TPSA) is 64.4 Å². The average Bonchev–Trinajstić information content (AvgIpc) is 2.88. The first kappa shape index (κ1) is 15.3. The largest absolute Gasteiger partial charge is 0.465 e. The second-order valence-electron chi connectivity index (χ2n) is 4.74. The van der Waals surface area contributed by atoms with Crippen molar-refractivity contribution in [3.63, 3.8) is 0 Å². The molecule has 112 valence electrons. The first-order chi connectivity index (χ1) is 10.2. The molecule has 0 aliphatic carbocycles. The molecule has 0 bridgehead atoms. The fraction of sp³-hybridized carbons (Fsp3) is 0.375. The summed E-state index contributed by atoms with van der Waals surface area (Å²) in [6.07, 6.45) is 2.75. The number of pyridine rings is 1. The van der Waals surface area contributed by atoms with Crippen LogP contribution in [-0.4, -0.2) is 18.1 Å². The number of furan rings is 1. The summed E-state index contributed by atoms with van der Waals surface area (Å²) in [4.78, 5) is 15.9. The molecule has 2 rings (SSSR count). The van der Waals surface area contributed by atoms with E-state index >= 15 is 0 Å². The van der Waals surface area contributed by atoms with Crippen LogP contribution in [0.25, 0.3) is 0 Å². The number of hydrogen-bond acceptors (Lipinski definition) is 5. The van der Waals surface area contributed by atoms with Gasteiger partial charge < -0.3 is 14.5 Å². The van der Waals surface area contributed by atoms with Gasteiger partial charge in [0, 0.05) is 12.7 Å². The molecule has 0 saturated carbocycles. The predicted molar refractivity (Wildman–Crippen MR) is 78.9 cm³/mol. The number of carbonyl (C=O) groups excluding carboxylic acids is 1. The van der Waals surface area contributed by atoms with Crippen LogP contribution in [0.2, 0.25) is 0 Å². The van der Waals surface area contributed by atoms with E-state index in [0.717, 1.165) is 12.1 Å². The second-order valence-corrected chi connectivity index (χ2v) is 4.74. The molecule has 0 atom stereocenters. The van der Waals surface area contributed by atoms with Crippen LogP contribution in [0.4, 0.5) is 0 Å². The number of aryl methyl sites for hydroxylation is 2. The van der Waals surface area contributed by atoms with E-state index in [4.69, 9.17) is 9.15 Å². The molecule has 0 unspecified atom stereocenters. The molecular weight excluding hydrogens is 268 g/mol. The summed E-state index contributed by atoms with van der Waals surface area (Å²) < 4.78 is 10.3. The van der Waals surface area contributed by atoms with Crippen molar-refractivity contribution in [1.82, 2.24) is 10.3 Å². The highest BCUT2D eigenvalue weighted by Crippen LogP contribution is 2.15. The zero-order valence-corrected chi connectivity index (χ0v) is 12.6. The van der Waals surface area contributed by atoms with Crippen molar-refractivity contribution in [2.45, 2.75) is 33.4 Å². The van der Waals surface area contributed by atoms with Crippen LogP contribution >= 0.6 is 0 Å². The first-order valence-electron chi connectivity index (χ1n) is 6.96. The minimum absolute atomic E-state index is 0.375. The Kier molecular flexibility index (Phi) is 5.11. The zero-order valence-electron chi connectivity index (χ0n) is 12.6. The van der Waals surface area contributed by atoms with Crippen LogP contribution in [-0.2, 0) is 24.2 Å². The van der Waals surface area contributed by atoms with Crippen molar-refractivity contribution in [2.24, 2.45) is 0 Å². The number of nitrogens with one attached hydrogen (secondary N) is 1. The maximum Gasteiger partial charge on any atom is 0.341 e. The van der Waals surface area contributed by atoms with E-state index in [0.29, 0.717) is 30.2 Å². The van der Waals surface area contributed by atoms with Gasteiger partial charge in [0.25, 0.3) is 0 Å². The number of esters is 1. The van der Waals surface area contributed by atoms with Gasteiger partial charge in [-0.1, -0.05) is 13.0 Å². The summed E-state index contributed by atoms with van der Waals surface area (Å²) in [5.74, 6) is 0.910. The van der Waals surface area contributed by atoms with E-state index in [2.05, 4.69) is 23.3 Å². The normalized spacial score (nSPS) is 10.6. The molecule has 1 N–H and O–H groups in total. The van der Waals surface area contributed by atoms with Gasteiger partial charge in [0.2, 0.25) is 0 Å². The second kappa shape index (κ2) is 7.04. The van der Waals surface area contributed by atoms with Crippen LogP contribution in [0.3, 0.4) is 0 Å². The number of rotatable bonds is 6. The molecule has 0 aliphatic heterocycles. The van der Waals surface area contributed by atoms with E-state index in [-0.39, 0.29) is 5.97 Å². The summed E-state index contributed by atoms with van der Waals surface area (Å²) in [6, 6.07) is 5.74. The molecule has 0 fully saturated rings. The smallest absolute Gasteiger partial charge is 0.341 e. The van der Waals surface area contributed by atoms with Gasteiger partial charge in [0.1, 0.15) is 17.1 Å².